The van der Waals surface area contributed by atoms with Crippen LogP contribution in [0.2, 0.25) is 0 Å². The number of hydrogen-bond acceptors (Lipinski definition) is 9. The van der Waals surface area contributed by atoms with Gasteiger partial charge in [0.25, 0.3) is 5.91 Å². The summed E-state index contributed by atoms with van der Waals surface area (Å²) in [6, 6.07) is 11.6. The Balaban J connectivity index is 1.46. The van der Waals surface area contributed by atoms with Crippen LogP contribution in [-0.4, -0.2) is 98.0 Å². The van der Waals surface area contributed by atoms with E-state index in [0.29, 0.717) is 54.9 Å². The van der Waals surface area contributed by atoms with Crippen LogP contribution in [0.3, 0.4) is 0 Å². The molecule has 0 saturated heterocycles. The number of aromatic nitrogens is 2. The van der Waals surface area contributed by atoms with Crippen molar-refractivity contribution in [2.24, 2.45) is 0 Å². The highest BCUT2D eigenvalue weighted by Crippen LogP contribution is 2.34. The van der Waals surface area contributed by atoms with Gasteiger partial charge in [0.1, 0.15) is 29.8 Å². The van der Waals surface area contributed by atoms with Crippen molar-refractivity contribution in [2.75, 3.05) is 80.9 Å². The molecule has 3 aromatic rings. The number of hydrogen-bond donors (Lipinski definition) is 0. The maximum Gasteiger partial charge on any atom is 0.409 e. The lowest BCUT2D eigenvalue weighted by Gasteiger charge is -2.26. The first-order valence-corrected chi connectivity index (χ1v) is 18.5. The molecule has 1 aliphatic heterocycles. The molecular weight excluding hydrogens is 579 g/mol. The van der Waals surface area contributed by atoms with Gasteiger partial charge >= 0.3 is 6.09 Å². The fourth-order valence-corrected chi connectivity index (χ4v) is 5.97. The van der Waals surface area contributed by atoms with Crippen LogP contribution in [0.5, 0.6) is 5.75 Å². The van der Waals surface area contributed by atoms with E-state index in [-0.39, 0.29) is 18.1 Å². The number of anilines is 2. The molecule has 3 heterocycles. The predicted molar refractivity (Wildman–Crippen MR) is 172 cm³/mol. The second-order valence-corrected chi connectivity index (χ2v) is 17.1. The first kappa shape index (κ1) is 31.0. The van der Waals surface area contributed by atoms with Gasteiger partial charge in [-0.1, -0.05) is 23.9 Å². The van der Waals surface area contributed by atoms with Gasteiger partial charge in [0.15, 0.2) is 5.16 Å². The van der Waals surface area contributed by atoms with Crippen molar-refractivity contribution in [3.05, 3.63) is 58.4 Å². The fraction of sp³-hybridized carbons (Fsp3) is 0.448. The summed E-state index contributed by atoms with van der Waals surface area (Å²) in [6.07, 6.45) is 10.2. The normalized spacial score (nSPS) is 14.7. The van der Waals surface area contributed by atoms with Crippen LogP contribution in [0.25, 0.3) is 0 Å². The number of benzene rings is 1. The number of rotatable bonds is 11. The predicted octanol–water partition coefficient (Wildman–Crippen LogP) is 5.63. The van der Waals surface area contributed by atoms with Crippen molar-refractivity contribution in [3.8, 4) is 5.75 Å². The van der Waals surface area contributed by atoms with E-state index in [9.17, 15) is 9.59 Å². The van der Waals surface area contributed by atoms with Gasteiger partial charge in [-0.2, -0.15) is 0 Å². The van der Waals surface area contributed by atoms with Gasteiger partial charge in [0.05, 0.1) is 0 Å². The number of carbonyl (C=O) groups is 2. The standard InChI is InChI=1S/C29H39N5O4S3/c1-32-14-15-34(27(35)23-20-30-28(39-3)31-26(23)32)21-9-7-10-22(19-21)38-24(25-11-8-17-40-25)12-13-33(2)29(36)37-16-18-41(4,5)6/h7-11,17,19-20,24H,12-16,18H2,1-6H3. The Morgan fingerprint density at radius 2 is 2.02 bits per heavy atom. The zero-order valence-corrected chi connectivity index (χ0v) is 27.0. The van der Waals surface area contributed by atoms with Gasteiger partial charge in [0, 0.05) is 68.7 Å². The van der Waals surface area contributed by atoms with E-state index in [4.69, 9.17) is 9.47 Å². The lowest BCUT2D eigenvalue weighted by Crippen LogP contribution is -2.33. The van der Waals surface area contributed by atoms with E-state index in [0.717, 1.165) is 16.3 Å². The molecule has 0 radical (unpaired) electrons. The molecule has 0 fully saturated rings. The molecule has 1 aromatic carbocycles. The molecule has 0 aliphatic carbocycles. The molecule has 0 bridgehead atoms. The Hall–Kier alpha value is -2.96. The number of ether oxygens (including phenoxy) is 2. The number of thioether (sulfide) groups is 1. The Morgan fingerprint density at radius 1 is 1.22 bits per heavy atom. The minimum atomic E-state index is -0.721. The van der Waals surface area contributed by atoms with Crippen LogP contribution in [0.1, 0.15) is 27.8 Å². The highest BCUT2D eigenvalue weighted by molar-refractivity contribution is 8.32. The van der Waals surface area contributed by atoms with Gasteiger partial charge in [0.2, 0.25) is 0 Å². The number of likely N-dealkylation sites (N-methyl/N-ethyl adjacent to an activating group) is 1. The van der Waals surface area contributed by atoms with Crippen molar-refractivity contribution < 1.29 is 19.1 Å². The summed E-state index contributed by atoms with van der Waals surface area (Å²) in [5.74, 6) is 2.04. The number of thiophene rings is 1. The van der Waals surface area contributed by atoms with Crippen molar-refractivity contribution in [3.63, 3.8) is 0 Å². The Bertz CT molecular complexity index is 1330. The Morgan fingerprint density at radius 3 is 2.73 bits per heavy atom. The van der Waals surface area contributed by atoms with Gasteiger partial charge < -0.3 is 24.2 Å². The van der Waals surface area contributed by atoms with Crippen molar-refractivity contribution in [1.29, 1.82) is 0 Å². The Kier molecular flexibility index (Phi) is 10.4. The zero-order valence-electron chi connectivity index (χ0n) is 24.5. The third-order valence-electron chi connectivity index (χ3n) is 6.65. The fourth-order valence-electron chi connectivity index (χ4n) is 4.26. The zero-order chi connectivity index (χ0) is 29.6. The minimum absolute atomic E-state index is 0.142. The summed E-state index contributed by atoms with van der Waals surface area (Å²) in [5, 5.41) is 2.65. The van der Waals surface area contributed by atoms with E-state index in [2.05, 4.69) is 28.7 Å². The smallest absolute Gasteiger partial charge is 0.409 e. The van der Waals surface area contributed by atoms with E-state index in [1.54, 1.807) is 34.4 Å². The Labute approximate surface area is 252 Å². The van der Waals surface area contributed by atoms with Crippen LogP contribution in [-0.2, 0) is 4.74 Å². The third-order valence-corrected chi connectivity index (χ3v) is 9.57. The number of carbonyl (C=O) groups excluding carboxylic acids is 2. The maximum atomic E-state index is 13.6. The summed E-state index contributed by atoms with van der Waals surface area (Å²) in [4.78, 5) is 41.5. The van der Waals surface area contributed by atoms with Crippen LogP contribution in [0, 0.1) is 0 Å². The summed E-state index contributed by atoms with van der Waals surface area (Å²) in [6.45, 7) is 2.04. The van der Waals surface area contributed by atoms with Gasteiger partial charge in [-0.05, 0) is 48.6 Å². The lowest BCUT2D eigenvalue weighted by molar-refractivity contribution is 0.0989. The first-order chi connectivity index (χ1) is 19.6. The number of nitrogens with zero attached hydrogens (tertiary/aromatic N) is 5. The molecule has 1 unspecified atom stereocenters. The molecule has 12 heteroatoms. The first-order valence-electron chi connectivity index (χ1n) is 13.3. The van der Waals surface area contributed by atoms with Crippen LogP contribution < -0.4 is 14.5 Å². The van der Waals surface area contributed by atoms with Crippen LogP contribution in [0.4, 0.5) is 16.3 Å². The van der Waals surface area contributed by atoms with E-state index in [1.165, 1.54) is 11.8 Å². The summed E-state index contributed by atoms with van der Waals surface area (Å²) < 4.78 is 12.0. The van der Waals surface area contributed by atoms with Crippen molar-refractivity contribution in [2.45, 2.75) is 17.7 Å². The van der Waals surface area contributed by atoms with Gasteiger partial charge in [-0.25, -0.2) is 24.8 Å². The molecule has 0 spiro atoms. The molecule has 1 atom stereocenters. The average molecular weight is 618 g/mol. The van der Waals surface area contributed by atoms with Crippen molar-refractivity contribution >= 4 is 56.6 Å². The lowest BCUT2D eigenvalue weighted by atomic mass is 10.2. The van der Waals surface area contributed by atoms with Crippen molar-refractivity contribution in [1.82, 2.24) is 14.9 Å². The van der Waals surface area contributed by atoms with Crippen LogP contribution in [0.15, 0.2) is 53.1 Å². The summed E-state index contributed by atoms with van der Waals surface area (Å²) >= 11 is 3.06. The summed E-state index contributed by atoms with van der Waals surface area (Å²) in [7, 11) is 2.97. The molecule has 41 heavy (non-hydrogen) atoms. The molecule has 2 amide bonds. The van der Waals surface area contributed by atoms with Crippen LogP contribution >= 0.6 is 33.1 Å². The molecule has 222 valence electrons. The SMILES string of the molecule is CSc1ncc2c(n1)N(C)CCN(c1cccc(OC(CCN(C)C(=O)OCCS(C)(C)C)c3cccs3)c1)C2=O. The van der Waals surface area contributed by atoms with Gasteiger partial charge in [-0.15, -0.1) is 11.3 Å². The molecule has 1 aliphatic rings. The summed E-state index contributed by atoms with van der Waals surface area (Å²) in [5.41, 5.74) is 1.22. The second-order valence-electron chi connectivity index (χ2n) is 10.7. The largest absolute Gasteiger partial charge is 0.485 e. The molecule has 2 aromatic heterocycles. The van der Waals surface area contributed by atoms with E-state index in [1.807, 2.05) is 60.0 Å². The highest BCUT2D eigenvalue weighted by Gasteiger charge is 2.28. The molecule has 9 nitrogen and oxygen atoms in total. The topological polar surface area (TPSA) is 88.1 Å². The van der Waals surface area contributed by atoms with Gasteiger partial charge in [-0.3, -0.25) is 4.79 Å². The number of amides is 2. The van der Waals surface area contributed by atoms with E-state index >= 15 is 0 Å². The number of fused-ring (bicyclic) bond motifs is 1. The average Bonchev–Trinajstić information content (AvgIpc) is 3.45. The monoisotopic (exact) mass is 617 g/mol. The van der Waals surface area contributed by atoms with E-state index < -0.39 is 10.0 Å². The molecule has 0 saturated carbocycles. The quantitative estimate of drug-likeness (QED) is 0.202. The molecule has 4 rings (SSSR count). The third kappa shape index (κ3) is 8.30. The highest BCUT2D eigenvalue weighted by atomic mass is 32.3. The second kappa shape index (κ2) is 13.8. The minimum Gasteiger partial charge on any atom is -0.485 e. The maximum absolute atomic E-state index is 13.6. The molecule has 0 N–H and O–H groups in total. The molecular formula is C29H39N5O4S3.